The van der Waals surface area contributed by atoms with Gasteiger partial charge >= 0.3 is 5.97 Å². The van der Waals surface area contributed by atoms with E-state index in [0.29, 0.717) is 38.4 Å². The van der Waals surface area contributed by atoms with Crippen LogP contribution in [0.1, 0.15) is 28.8 Å². The van der Waals surface area contributed by atoms with Crippen molar-refractivity contribution in [2.45, 2.75) is 19.3 Å². The second kappa shape index (κ2) is 8.64. The molecule has 0 saturated heterocycles. The Morgan fingerprint density at radius 2 is 2.14 bits per heavy atom. The first kappa shape index (κ1) is 15.8. The molecule has 1 N–H and O–H groups in total. The van der Waals surface area contributed by atoms with E-state index < -0.39 is 0 Å². The lowest BCUT2D eigenvalue weighted by Crippen LogP contribution is -2.17. The number of anilines is 1. The van der Waals surface area contributed by atoms with Crippen LogP contribution in [0.15, 0.2) is 18.2 Å². The quantitative estimate of drug-likeness (QED) is 0.588. The first-order valence-corrected chi connectivity index (χ1v) is 7.42. The van der Waals surface area contributed by atoms with Crippen LogP contribution in [-0.2, 0) is 20.6 Å². The van der Waals surface area contributed by atoms with Gasteiger partial charge in [0.2, 0.25) is 0 Å². The van der Waals surface area contributed by atoms with E-state index in [0.717, 1.165) is 30.6 Å². The molecule has 1 aromatic rings. The molecular formula is C16H23NO4. The summed E-state index contributed by atoms with van der Waals surface area (Å²) in [6.07, 6.45) is 2.67. The van der Waals surface area contributed by atoms with Crippen LogP contribution in [0.5, 0.6) is 0 Å². The molecule has 0 aromatic heterocycles. The van der Waals surface area contributed by atoms with Gasteiger partial charge in [0.25, 0.3) is 0 Å². The van der Waals surface area contributed by atoms with E-state index in [4.69, 9.17) is 14.2 Å². The second-order valence-corrected chi connectivity index (χ2v) is 4.96. The molecule has 0 amide bonds. The van der Waals surface area contributed by atoms with Crippen molar-refractivity contribution in [3.8, 4) is 0 Å². The summed E-state index contributed by atoms with van der Waals surface area (Å²) >= 11 is 0. The number of nitrogens with one attached hydrogen (secondary N) is 1. The Hall–Kier alpha value is -1.59. The number of fused-ring (bicyclic) bond motifs is 1. The topological polar surface area (TPSA) is 56.8 Å². The minimum absolute atomic E-state index is 0.243. The van der Waals surface area contributed by atoms with Gasteiger partial charge in [0.05, 0.1) is 25.4 Å². The van der Waals surface area contributed by atoms with E-state index in [1.807, 2.05) is 18.2 Å². The monoisotopic (exact) mass is 293 g/mol. The third-order valence-corrected chi connectivity index (χ3v) is 3.41. The van der Waals surface area contributed by atoms with Crippen LogP contribution in [0.4, 0.5) is 5.69 Å². The molecule has 2 rings (SSSR count). The van der Waals surface area contributed by atoms with Crippen LogP contribution in [0.2, 0.25) is 0 Å². The standard InChI is InChI=1S/C16H23NO4/c1-19-11-12-20-9-4-10-21-16(18)14-5-2-7-15-13(14)6-3-8-17-15/h2,5,7,17H,3-4,6,8-12H2,1H3. The molecule has 0 aliphatic carbocycles. The Morgan fingerprint density at radius 3 is 3.00 bits per heavy atom. The van der Waals surface area contributed by atoms with Crippen LogP contribution in [0, 0.1) is 0 Å². The van der Waals surface area contributed by atoms with Crippen molar-refractivity contribution < 1.29 is 19.0 Å². The molecule has 1 aliphatic rings. The zero-order valence-corrected chi connectivity index (χ0v) is 12.5. The second-order valence-electron chi connectivity index (χ2n) is 4.96. The first-order valence-electron chi connectivity index (χ1n) is 7.42. The number of esters is 1. The highest BCUT2D eigenvalue weighted by molar-refractivity contribution is 5.93. The predicted octanol–water partition coefficient (Wildman–Crippen LogP) is 2.25. The van der Waals surface area contributed by atoms with Gasteiger partial charge in [-0.25, -0.2) is 4.79 Å². The Labute approximate surface area is 125 Å². The van der Waals surface area contributed by atoms with Crippen LogP contribution in [0.3, 0.4) is 0 Å². The summed E-state index contributed by atoms with van der Waals surface area (Å²) in [5, 5.41) is 3.31. The lowest BCUT2D eigenvalue weighted by molar-refractivity contribution is 0.0384. The minimum atomic E-state index is -0.243. The summed E-state index contributed by atoms with van der Waals surface area (Å²) < 4.78 is 15.5. The molecule has 5 nitrogen and oxygen atoms in total. The zero-order chi connectivity index (χ0) is 14.9. The third kappa shape index (κ3) is 4.72. The van der Waals surface area contributed by atoms with Crippen LogP contribution < -0.4 is 5.32 Å². The van der Waals surface area contributed by atoms with Gasteiger partial charge in [-0.1, -0.05) is 6.07 Å². The summed E-state index contributed by atoms with van der Waals surface area (Å²) in [5.74, 6) is -0.243. The van der Waals surface area contributed by atoms with Crippen molar-refractivity contribution >= 4 is 11.7 Å². The molecule has 0 atom stereocenters. The number of hydrogen-bond donors (Lipinski definition) is 1. The molecule has 0 spiro atoms. The van der Waals surface area contributed by atoms with Gasteiger partial charge in [-0.3, -0.25) is 0 Å². The van der Waals surface area contributed by atoms with Crippen LogP contribution in [-0.4, -0.2) is 46.1 Å². The van der Waals surface area contributed by atoms with E-state index in [9.17, 15) is 4.79 Å². The predicted molar refractivity (Wildman–Crippen MR) is 80.8 cm³/mol. The van der Waals surface area contributed by atoms with E-state index in [1.165, 1.54) is 0 Å². The molecule has 116 valence electrons. The largest absolute Gasteiger partial charge is 0.462 e. The molecular weight excluding hydrogens is 270 g/mol. The lowest BCUT2D eigenvalue weighted by atomic mass is 9.98. The summed E-state index contributed by atoms with van der Waals surface area (Å²) in [6, 6.07) is 5.74. The highest BCUT2D eigenvalue weighted by atomic mass is 16.5. The average Bonchev–Trinajstić information content (AvgIpc) is 2.53. The zero-order valence-electron chi connectivity index (χ0n) is 12.5. The molecule has 21 heavy (non-hydrogen) atoms. The maximum absolute atomic E-state index is 12.1. The fourth-order valence-corrected chi connectivity index (χ4v) is 2.35. The fourth-order valence-electron chi connectivity index (χ4n) is 2.35. The number of carbonyl (C=O) groups is 1. The maximum Gasteiger partial charge on any atom is 0.338 e. The maximum atomic E-state index is 12.1. The fraction of sp³-hybridized carbons (Fsp3) is 0.562. The molecule has 1 aliphatic heterocycles. The van der Waals surface area contributed by atoms with Crippen molar-refractivity contribution in [2.24, 2.45) is 0 Å². The van der Waals surface area contributed by atoms with Gasteiger partial charge < -0.3 is 19.5 Å². The first-order chi connectivity index (χ1) is 10.3. The minimum Gasteiger partial charge on any atom is -0.462 e. The number of carbonyl (C=O) groups excluding carboxylic acids is 1. The van der Waals surface area contributed by atoms with Crippen molar-refractivity contribution in [3.05, 3.63) is 29.3 Å². The van der Waals surface area contributed by atoms with E-state index >= 15 is 0 Å². The van der Waals surface area contributed by atoms with Gasteiger partial charge in [0.15, 0.2) is 0 Å². The molecule has 0 unspecified atom stereocenters. The normalized spacial score (nSPS) is 13.4. The number of methoxy groups -OCH3 is 1. The lowest BCUT2D eigenvalue weighted by Gasteiger charge is -2.20. The molecule has 0 radical (unpaired) electrons. The van der Waals surface area contributed by atoms with Gasteiger partial charge in [0.1, 0.15) is 0 Å². The van der Waals surface area contributed by atoms with Gasteiger partial charge in [-0.2, -0.15) is 0 Å². The Morgan fingerprint density at radius 1 is 1.24 bits per heavy atom. The molecule has 0 fully saturated rings. The number of rotatable bonds is 8. The number of ether oxygens (including phenoxy) is 3. The highest BCUT2D eigenvalue weighted by Gasteiger charge is 2.18. The van der Waals surface area contributed by atoms with Crippen molar-refractivity contribution in [2.75, 3.05) is 45.4 Å². The van der Waals surface area contributed by atoms with Crippen molar-refractivity contribution in [1.82, 2.24) is 0 Å². The van der Waals surface area contributed by atoms with E-state index in [-0.39, 0.29) is 5.97 Å². The van der Waals surface area contributed by atoms with Crippen molar-refractivity contribution in [1.29, 1.82) is 0 Å². The van der Waals surface area contributed by atoms with E-state index in [2.05, 4.69) is 5.32 Å². The molecule has 1 heterocycles. The smallest absolute Gasteiger partial charge is 0.338 e. The summed E-state index contributed by atoms with van der Waals surface area (Å²) in [6.45, 7) is 3.07. The Balaban J connectivity index is 1.76. The third-order valence-electron chi connectivity index (χ3n) is 3.41. The van der Waals surface area contributed by atoms with Gasteiger partial charge in [0, 0.05) is 32.4 Å². The van der Waals surface area contributed by atoms with E-state index in [1.54, 1.807) is 7.11 Å². The summed E-state index contributed by atoms with van der Waals surface area (Å²) in [7, 11) is 1.64. The number of benzene rings is 1. The van der Waals surface area contributed by atoms with Crippen LogP contribution in [0.25, 0.3) is 0 Å². The SMILES string of the molecule is COCCOCCCOC(=O)c1cccc2c1CCCN2. The highest BCUT2D eigenvalue weighted by Crippen LogP contribution is 2.25. The number of hydrogen-bond acceptors (Lipinski definition) is 5. The van der Waals surface area contributed by atoms with Gasteiger partial charge in [-0.05, 0) is 30.5 Å². The Kier molecular flexibility index (Phi) is 6.50. The molecule has 0 saturated carbocycles. The van der Waals surface area contributed by atoms with Crippen LogP contribution >= 0.6 is 0 Å². The van der Waals surface area contributed by atoms with Gasteiger partial charge in [-0.15, -0.1) is 0 Å². The van der Waals surface area contributed by atoms with Crippen molar-refractivity contribution in [3.63, 3.8) is 0 Å². The molecule has 5 heteroatoms. The summed E-state index contributed by atoms with van der Waals surface area (Å²) in [4.78, 5) is 12.1. The molecule has 1 aromatic carbocycles. The average molecular weight is 293 g/mol. The summed E-state index contributed by atoms with van der Waals surface area (Å²) in [5.41, 5.74) is 2.81. The molecule has 0 bridgehead atoms. The Bertz CT molecular complexity index is 462.